The highest BCUT2D eigenvalue weighted by Gasteiger charge is 2.34. The van der Waals surface area contributed by atoms with Crippen LogP contribution in [0.15, 0.2) is 23.0 Å². The Balaban J connectivity index is 1.37. The number of benzene rings is 1. The normalized spacial score (nSPS) is 19.7. The first-order chi connectivity index (χ1) is 17.2. The molecule has 3 heterocycles. The molecule has 9 heteroatoms. The zero-order valence-electron chi connectivity index (χ0n) is 20.4. The van der Waals surface area contributed by atoms with Gasteiger partial charge >= 0.3 is 0 Å². The molecule has 1 unspecified atom stereocenters. The molecule has 1 aliphatic heterocycles. The van der Waals surface area contributed by atoms with Crippen LogP contribution in [0.3, 0.4) is 0 Å². The van der Waals surface area contributed by atoms with Crippen LogP contribution in [0.2, 0.25) is 0 Å². The topological polar surface area (TPSA) is 98.2 Å². The molecule has 3 aromatic rings. The lowest BCUT2D eigenvalue weighted by molar-refractivity contribution is 0.0830. The fourth-order valence-electron chi connectivity index (χ4n) is 6.26. The molecule has 35 heavy (non-hydrogen) atoms. The average molecular weight is 479 g/mol. The molecule has 0 radical (unpaired) electrons. The summed E-state index contributed by atoms with van der Waals surface area (Å²) >= 11 is 0. The Labute approximate surface area is 204 Å². The molecule has 2 aromatic heterocycles. The molecule has 0 amide bonds. The Kier molecular flexibility index (Phi) is 6.18. The van der Waals surface area contributed by atoms with Crippen molar-refractivity contribution >= 4 is 10.9 Å². The summed E-state index contributed by atoms with van der Waals surface area (Å²) in [7, 11) is 0. The number of aromatic nitrogens is 5. The minimum atomic E-state index is -0.0533. The van der Waals surface area contributed by atoms with Crippen molar-refractivity contribution in [2.24, 2.45) is 0 Å². The van der Waals surface area contributed by atoms with Gasteiger partial charge in [0.1, 0.15) is 0 Å². The van der Waals surface area contributed by atoms with Crippen LogP contribution in [0.25, 0.3) is 10.9 Å². The van der Waals surface area contributed by atoms with E-state index in [-0.39, 0.29) is 18.4 Å². The van der Waals surface area contributed by atoms with E-state index >= 15 is 0 Å². The second-order valence-corrected chi connectivity index (χ2v) is 10.2. The van der Waals surface area contributed by atoms with Gasteiger partial charge in [0, 0.05) is 29.6 Å². The van der Waals surface area contributed by atoms with Gasteiger partial charge in [0.25, 0.3) is 5.56 Å². The number of ether oxygens (including phenoxy) is 2. The summed E-state index contributed by atoms with van der Waals surface area (Å²) in [6, 6.07) is 6.69. The van der Waals surface area contributed by atoms with Crippen LogP contribution in [0.5, 0.6) is 11.5 Å². The third-order valence-electron chi connectivity index (χ3n) is 8.08. The van der Waals surface area contributed by atoms with Crippen LogP contribution in [0.1, 0.15) is 94.6 Å². The van der Waals surface area contributed by atoms with Crippen molar-refractivity contribution in [2.45, 2.75) is 95.8 Å². The van der Waals surface area contributed by atoms with E-state index in [2.05, 4.69) is 37.0 Å². The van der Waals surface area contributed by atoms with Crippen molar-refractivity contribution in [1.82, 2.24) is 30.1 Å². The van der Waals surface area contributed by atoms with Gasteiger partial charge in [-0.25, -0.2) is 4.68 Å². The van der Waals surface area contributed by atoms with Crippen LogP contribution in [0.4, 0.5) is 0 Å². The molecule has 186 valence electrons. The number of pyridine rings is 1. The Hall–Kier alpha value is -2.94. The molecular weight excluding hydrogens is 444 g/mol. The first-order valence-corrected chi connectivity index (χ1v) is 13.2. The molecule has 0 bridgehead atoms. The molecule has 2 aliphatic carbocycles. The molecule has 0 saturated heterocycles. The predicted molar refractivity (Wildman–Crippen MR) is 131 cm³/mol. The first kappa shape index (κ1) is 22.5. The molecule has 1 aromatic carbocycles. The molecule has 2 saturated carbocycles. The maximum atomic E-state index is 13.2. The fraction of sp³-hybridized carbons (Fsp3) is 0.615. The van der Waals surface area contributed by atoms with Gasteiger partial charge in [0.2, 0.25) is 6.79 Å². The molecule has 9 nitrogen and oxygen atoms in total. The molecular formula is C26H34N6O3. The lowest BCUT2D eigenvalue weighted by atomic mass is 9.92. The van der Waals surface area contributed by atoms with Gasteiger partial charge in [-0.15, -0.1) is 5.10 Å². The second-order valence-electron chi connectivity index (χ2n) is 10.2. The summed E-state index contributed by atoms with van der Waals surface area (Å²) in [4.78, 5) is 18.8. The maximum Gasteiger partial charge on any atom is 0.252 e. The van der Waals surface area contributed by atoms with E-state index in [0.29, 0.717) is 24.4 Å². The van der Waals surface area contributed by atoms with Crippen LogP contribution in [0, 0.1) is 0 Å². The highest BCUT2D eigenvalue weighted by atomic mass is 16.7. The van der Waals surface area contributed by atoms with Crippen molar-refractivity contribution in [3.05, 3.63) is 39.9 Å². The fourth-order valence-corrected chi connectivity index (χ4v) is 6.26. The molecule has 0 spiro atoms. The Bertz CT molecular complexity index is 1240. The number of hydrogen-bond donors (Lipinski definition) is 1. The lowest BCUT2D eigenvalue weighted by Crippen LogP contribution is -2.41. The molecule has 1 atom stereocenters. The lowest BCUT2D eigenvalue weighted by Gasteiger charge is -2.39. The van der Waals surface area contributed by atoms with Gasteiger partial charge in [-0.1, -0.05) is 39.0 Å². The highest BCUT2D eigenvalue weighted by molar-refractivity contribution is 5.83. The van der Waals surface area contributed by atoms with Gasteiger partial charge in [-0.3, -0.25) is 9.69 Å². The summed E-state index contributed by atoms with van der Waals surface area (Å²) in [6.07, 6.45) is 11.7. The summed E-state index contributed by atoms with van der Waals surface area (Å²) in [5.74, 6) is 2.35. The van der Waals surface area contributed by atoms with Crippen molar-refractivity contribution < 1.29 is 9.47 Å². The summed E-state index contributed by atoms with van der Waals surface area (Å²) in [5.41, 5.74) is 1.48. The number of hydrogen-bond acceptors (Lipinski definition) is 7. The van der Waals surface area contributed by atoms with Crippen LogP contribution < -0.4 is 15.0 Å². The Morgan fingerprint density at radius 2 is 1.80 bits per heavy atom. The van der Waals surface area contributed by atoms with E-state index in [1.54, 1.807) is 0 Å². The number of rotatable bonds is 7. The zero-order valence-corrected chi connectivity index (χ0v) is 20.4. The second kappa shape index (κ2) is 9.60. The van der Waals surface area contributed by atoms with E-state index in [4.69, 9.17) is 9.47 Å². The van der Waals surface area contributed by atoms with Crippen molar-refractivity contribution in [1.29, 1.82) is 0 Å². The van der Waals surface area contributed by atoms with Crippen molar-refractivity contribution in [3.63, 3.8) is 0 Å². The molecule has 6 rings (SSSR count). The van der Waals surface area contributed by atoms with Gasteiger partial charge in [-0.2, -0.15) is 0 Å². The summed E-state index contributed by atoms with van der Waals surface area (Å²) < 4.78 is 13.1. The number of aromatic amines is 1. The Morgan fingerprint density at radius 1 is 1.06 bits per heavy atom. The standard InChI is InChI=1S/C26H34N6O3/c1-2-22(25-28-29-30-32(25)20-10-6-7-11-20)31(19-8-4-3-5-9-19)15-18-12-17-13-23-24(35-16-34-23)14-21(17)27-26(18)33/h12-14,19-20,22H,2-11,15-16H2,1H3,(H,27,33). The van der Waals surface area contributed by atoms with Crippen LogP contribution in [-0.2, 0) is 6.54 Å². The van der Waals surface area contributed by atoms with Gasteiger partial charge < -0.3 is 14.5 Å². The number of fused-ring (bicyclic) bond motifs is 2. The highest BCUT2D eigenvalue weighted by Crippen LogP contribution is 2.37. The first-order valence-electron chi connectivity index (χ1n) is 13.2. The quantitative estimate of drug-likeness (QED) is 0.528. The average Bonchev–Trinajstić information content (AvgIpc) is 3.65. The zero-order chi connectivity index (χ0) is 23.8. The number of nitrogens with zero attached hydrogens (tertiary/aromatic N) is 5. The Morgan fingerprint density at radius 3 is 2.57 bits per heavy atom. The third-order valence-corrected chi connectivity index (χ3v) is 8.08. The van der Waals surface area contributed by atoms with Crippen molar-refractivity contribution in [2.75, 3.05) is 6.79 Å². The third kappa shape index (κ3) is 4.30. The monoisotopic (exact) mass is 478 g/mol. The SMILES string of the molecule is CCC(c1nnnn1C1CCCC1)N(Cc1cc2cc3c(cc2[nH]c1=O)OCO3)C1CCCCC1. The van der Waals surface area contributed by atoms with Gasteiger partial charge in [0.05, 0.1) is 17.6 Å². The van der Waals surface area contributed by atoms with Crippen LogP contribution in [-0.4, -0.2) is 42.9 Å². The van der Waals surface area contributed by atoms with E-state index in [0.717, 1.165) is 60.1 Å². The number of tetrazole rings is 1. The number of H-pyrrole nitrogens is 1. The van der Waals surface area contributed by atoms with Crippen LogP contribution >= 0.6 is 0 Å². The van der Waals surface area contributed by atoms with E-state index in [1.807, 2.05) is 18.2 Å². The smallest absolute Gasteiger partial charge is 0.252 e. The summed E-state index contributed by atoms with van der Waals surface area (Å²) in [5, 5.41) is 14.0. The van der Waals surface area contributed by atoms with E-state index in [9.17, 15) is 4.79 Å². The van der Waals surface area contributed by atoms with Crippen molar-refractivity contribution in [3.8, 4) is 11.5 Å². The minimum Gasteiger partial charge on any atom is -0.454 e. The molecule has 3 aliphatic rings. The molecule has 1 N–H and O–H groups in total. The summed E-state index contributed by atoms with van der Waals surface area (Å²) in [6.45, 7) is 2.99. The predicted octanol–water partition coefficient (Wildman–Crippen LogP) is 4.64. The largest absolute Gasteiger partial charge is 0.454 e. The van der Waals surface area contributed by atoms with E-state index in [1.165, 1.54) is 32.1 Å². The van der Waals surface area contributed by atoms with Gasteiger partial charge in [-0.05, 0) is 54.7 Å². The minimum absolute atomic E-state index is 0.0533. The van der Waals surface area contributed by atoms with Gasteiger partial charge in [0.15, 0.2) is 17.3 Å². The number of nitrogens with one attached hydrogen (secondary N) is 1. The van der Waals surface area contributed by atoms with E-state index < -0.39 is 0 Å². The molecule has 2 fully saturated rings. The maximum absolute atomic E-state index is 13.2.